The van der Waals surface area contributed by atoms with E-state index in [1.165, 1.54) is 0 Å². The van der Waals surface area contributed by atoms with Gasteiger partial charge in [-0.05, 0) is 12.2 Å². The lowest BCUT2D eigenvalue weighted by Gasteiger charge is -2.17. The minimum Gasteiger partial charge on any atom is -0.463 e. The van der Waals surface area contributed by atoms with Crippen LogP contribution >= 0.6 is 21.2 Å². The molecule has 0 aromatic rings. The molecule has 1 amide bonds. The average molecular weight is 365 g/mol. The van der Waals surface area contributed by atoms with Crippen LogP contribution in [0.1, 0.15) is 26.2 Å². The number of esters is 2. The van der Waals surface area contributed by atoms with E-state index in [1.807, 2.05) is 0 Å². The van der Waals surface area contributed by atoms with Crippen LogP contribution in [0, 0.1) is 0 Å². The van der Waals surface area contributed by atoms with Gasteiger partial charge < -0.3 is 19.3 Å². The SMILES string of the molecule is C=CC(=O)OCC(COC(=O)CCSCCCC)NC(=O)OP. The van der Waals surface area contributed by atoms with Crippen LogP contribution in [0.3, 0.4) is 0 Å². The first-order valence-corrected chi connectivity index (χ1v) is 8.85. The molecule has 0 saturated carbocycles. The summed E-state index contributed by atoms with van der Waals surface area (Å²) in [6, 6.07) is -0.691. The van der Waals surface area contributed by atoms with Gasteiger partial charge in [0.2, 0.25) is 0 Å². The number of rotatable bonds is 12. The van der Waals surface area contributed by atoms with E-state index in [4.69, 9.17) is 9.47 Å². The van der Waals surface area contributed by atoms with Crippen LogP contribution < -0.4 is 5.32 Å². The fourth-order valence-electron chi connectivity index (χ4n) is 1.34. The molecule has 0 radical (unpaired) electrons. The second kappa shape index (κ2) is 14.3. The molecule has 132 valence electrons. The molecule has 0 aromatic heterocycles. The lowest BCUT2D eigenvalue weighted by atomic mass is 10.3. The van der Waals surface area contributed by atoms with Gasteiger partial charge >= 0.3 is 18.0 Å². The van der Waals surface area contributed by atoms with E-state index in [0.717, 1.165) is 24.7 Å². The zero-order chi connectivity index (χ0) is 17.5. The first-order chi connectivity index (χ1) is 11.0. The van der Waals surface area contributed by atoms with E-state index < -0.39 is 18.1 Å². The largest absolute Gasteiger partial charge is 0.463 e. The Kier molecular flexibility index (Phi) is 13.5. The summed E-state index contributed by atoms with van der Waals surface area (Å²) in [7, 11) is 1.79. The van der Waals surface area contributed by atoms with Crippen molar-refractivity contribution in [2.45, 2.75) is 32.2 Å². The minimum absolute atomic E-state index is 0.108. The van der Waals surface area contributed by atoms with E-state index in [0.29, 0.717) is 12.2 Å². The Hall–Kier alpha value is -1.27. The molecule has 0 aliphatic rings. The molecular formula is C14H24NO6PS. The van der Waals surface area contributed by atoms with Crippen molar-refractivity contribution in [3.05, 3.63) is 12.7 Å². The monoisotopic (exact) mass is 365 g/mol. The number of ether oxygens (including phenoxy) is 2. The van der Waals surface area contributed by atoms with Crippen molar-refractivity contribution in [3.63, 3.8) is 0 Å². The molecule has 7 nitrogen and oxygen atoms in total. The van der Waals surface area contributed by atoms with Gasteiger partial charge in [-0.15, -0.1) is 0 Å². The third-order valence-corrected chi connectivity index (χ3v) is 3.84. The summed E-state index contributed by atoms with van der Waals surface area (Å²) < 4.78 is 14.3. The summed E-state index contributed by atoms with van der Waals surface area (Å²) in [5.41, 5.74) is 0. The zero-order valence-electron chi connectivity index (χ0n) is 13.2. The van der Waals surface area contributed by atoms with Gasteiger partial charge in [-0.3, -0.25) is 4.79 Å². The standard InChI is InChI=1S/C14H24NO6PS/c1-3-5-7-23-8-6-13(17)20-10-11(15-14(18)21-22)9-19-12(16)4-2/h4,11H,2-3,5-10,22H2,1H3,(H,15,18). The molecule has 0 saturated heterocycles. The molecule has 0 spiro atoms. The molecule has 0 aromatic carbocycles. The summed E-state index contributed by atoms with van der Waals surface area (Å²) >= 11 is 1.70. The molecule has 9 heteroatoms. The molecule has 2 atom stereocenters. The number of unbranched alkanes of at least 4 members (excludes halogenated alkanes) is 1. The number of hydrogen-bond donors (Lipinski definition) is 1. The Bertz CT molecular complexity index is 393. The molecule has 0 heterocycles. The summed E-state index contributed by atoms with van der Waals surface area (Å²) in [4.78, 5) is 33.9. The highest BCUT2D eigenvalue weighted by atomic mass is 32.2. The van der Waals surface area contributed by atoms with Crippen molar-refractivity contribution < 1.29 is 28.4 Å². The molecular weight excluding hydrogens is 341 g/mol. The zero-order valence-corrected chi connectivity index (χ0v) is 15.2. The summed E-state index contributed by atoms with van der Waals surface area (Å²) in [6.07, 6.45) is 2.81. The normalized spacial score (nSPS) is 11.2. The molecule has 0 fully saturated rings. The Labute approximate surface area is 143 Å². The highest BCUT2D eigenvalue weighted by Gasteiger charge is 2.17. The second-order valence-corrected chi connectivity index (χ2v) is 5.94. The van der Waals surface area contributed by atoms with E-state index >= 15 is 0 Å². The van der Waals surface area contributed by atoms with Crippen LogP contribution in [0.4, 0.5) is 4.79 Å². The van der Waals surface area contributed by atoms with Crippen LogP contribution in [-0.2, 0) is 23.6 Å². The molecule has 0 rings (SSSR count). The smallest absolute Gasteiger partial charge is 0.409 e. The number of hydrogen-bond acceptors (Lipinski definition) is 7. The van der Waals surface area contributed by atoms with Crippen molar-refractivity contribution in [1.29, 1.82) is 0 Å². The average Bonchev–Trinajstić information content (AvgIpc) is 2.56. The second-order valence-electron chi connectivity index (χ2n) is 4.48. The number of thioether (sulfide) groups is 1. The fourth-order valence-corrected chi connectivity index (χ4v) is 2.42. The molecule has 0 aliphatic carbocycles. The van der Waals surface area contributed by atoms with Crippen LogP contribution in [0.2, 0.25) is 0 Å². The highest BCUT2D eigenvalue weighted by molar-refractivity contribution is 7.99. The molecule has 0 bridgehead atoms. The maximum atomic E-state index is 11.6. The molecule has 1 N–H and O–H groups in total. The number of carbonyl (C=O) groups excluding carboxylic acids is 3. The fraction of sp³-hybridized carbons (Fsp3) is 0.643. The van der Waals surface area contributed by atoms with Crippen LogP contribution in [0.25, 0.3) is 0 Å². The van der Waals surface area contributed by atoms with E-state index in [9.17, 15) is 14.4 Å². The molecule has 0 aliphatic heterocycles. The van der Waals surface area contributed by atoms with Gasteiger partial charge in [0, 0.05) is 11.8 Å². The van der Waals surface area contributed by atoms with Gasteiger partial charge in [0.1, 0.15) is 19.3 Å². The maximum Gasteiger partial charge on any atom is 0.409 e. The third-order valence-electron chi connectivity index (χ3n) is 2.56. The summed E-state index contributed by atoms with van der Waals surface area (Å²) in [5, 5.41) is 2.41. The van der Waals surface area contributed by atoms with Crippen LogP contribution in [0.5, 0.6) is 0 Å². The van der Waals surface area contributed by atoms with E-state index in [1.54, 1.807) is 21.2 Å². The predicted molar refractivity (Wildman–Crippen MR) is 92.1 cm³/mol. The van der Waals surface area contributed by atoms with Crippen molar-refractivity contribution in [3.8, 4) is 0 Å². The highest BCUT2D eigenvalue weighted by Crippen LogP contribution is 2.07. The Morgan fingerprint density at radius 1 is 1.26 bits per heavy atom. The predicted octanol–water partition coefficient (Wildman–Crippen LogP) is 2.07. The van der Waals surface area contributed by atoms with E-state index in [-0.39, 0.29) is 19.2 Å². The quantitative estimate of drug-likeness (QED) is 0.245. The van der Waals surface area contributed by atoms with Gasteiger partial charge in [-0.2, -0.15) is 11.8 Å². The number of amides is 1. The lowest BCUT2D eigenvalue weighted by Crippen LogP contribution is -2.42. The molecule has 2 unspecified atom stereocenters. The lowest BCUT2D eigenvalue weighted by molar-refractivity contribution is -0.145. The Morgan fingerprint density at radius 3 is 2.57 bits per heavy atom. The van der Waals surface area contributed by atoms with Gasteiger partial charge in [-0.1, -0.05) is 19.9 Å². The van der Waals surface area contributed by atoms with Crippen molar-refractivity contribution in [1.82, 2.24) is 5.32 Å². The number of nitrogens with one attached hydrogen (secondary N) is 1. The van der Waals surface area contributed by atoms with Gasteiger partial charge in [0.15, 0.2) is 0 Å². The third kappa shape index (κ3) is 12.9. The van der Waals surface area contributed by atoms with E-state index in [2.05, 4.69) is 23.3 Å². The Balaban J connectivity index is 4.09. The van der Waals surface area contributed by atoms with Gasteiger partial charge in [0.05, 0.1) is 15.9 Å². The number of carbonyl (C=O) groups is 3. The van der Waals surface area contributed by atoms with Crippen LogP contribution in [0.15, 0.2) is 12.7 Å². The topological polar surface area (TPSA) is 90.9 Å². The minimum atomic E-state index is -0.735. The van der Waals surface area contributed by atoms with Crippen molar-refractivity contribution >= 4 is 39.3 Å². The first kappa shape index (κ1) is 21.7. The summed E-state index contributed by atoms with van der Waals surface area (Å²) in [6.45, 7) is 5.12. The maximum absolute atomic E-state index is 11.6. The first-order valence-electron chi connectivity index (χ1n) is 7.23. The van der Waals surface area contributed by atoms with Crippen molar-refractivity contribution in [2.75, 3.05) is 24.7 Å². The van der Waals surface area contributed by atoms with Crippen LogP contribution in [-0.4, -0.2) is 48.8 Å². The van der Waals surface area contributed by atoms with Crippen molar-refractivity contribution in [2.24, 2.45) is 0 Å². The van der Waals surface area contributed by atoms with Gasteiger partial charge in [0.25, 0.3) is 0 Å². The molecule has 23 heavy (non-hydrogen) atoms. The van der Waals surface area contributed by atoms with Gasteiger partial charge in [-0.25, -0.2) is 9.59 Å². The Morgan fingerprint density at radius 2 is 1.96 bits per heavy atom. The summed E-state index contributed by atoms with van der Waals surface area (Å²) in [5.74, 6) is 0.714.